The number of aromatic nitrogens is 2. The highest BCUT2D eigenvalue weighted by Gasteiger charge is 2.14. The number of benzene rings is 1. The second-order valence-corrected chi connectivity index (χ2v) is 4.41. The van der Waals surface area contributed by atoms with Gasteiger partial charge in [-0.1, -0.05) is 31.2 Å². The molecule has 0 saturated heterocycles. The predicted octanol–water partition coefficient (Wildman–Crippen LogP) is 3.50. The molecule has 0 saturated carbocycles. The molecule has 3 rings (SSSR count). The second-order valence-electron chi connectivity index (χ2n) is 4.41. The van der Waals surface area contributed by atoms with Gasteiger partial charge in [-0.05, 0) is 30.2 Å². The fourth-order valence-electron chi connectivity index (χ4n) is 2.18. The standard InChI is InChI=1S/C16H14N2O2/c1-2-12-7-3-4-8-14(12)20-16-13(11-19)18-10-6-5-9-15(18)17-16/h3-11H,2H2,1H3. The highest BCUT2D eigenvalue weighted by molar-refractivity contribution is 5.78. The van der Waals surface area contributed by atoms with Gasteiger partial charge in [0.1, 0.15) is 11.4 Å². The summed E-state index contributed by atoms with van der Waals surface area (Å²) in [4.78, 5) is 15.7. The zero-order valence-electron chi connectivity index (χ0n) is 11.1. The average molecular weight is 266 g/mol. The first kappa shape index (κ1) is 12.4. The lowest BCUT2D eigenvalue weighted by molar-refractivity contribution is 0.111. The molecule has 1 aromatic carbocycles. The van der Waals surface area contributed by atoms with E-state index >= 15 is 0 Å². The molecule has 0 amide bonds. The monoisotopic (exact) mass is 266 g/mol. The van der Waals surface area contributed by atoms with Gasteiger partial charge in [-0.3, -0.25) is 9.20 Å². The number of fused-ring (bicyclic) bond motifs is 1. The molecule has 0 N–H and O–H groups in total. The molecule has 0 aliphatic carbocycles. The SMILES string of the molecule is CCc1ccccc1Oc1nc2ccccn2c1C=O. The molecule has 0 unspecified atom stereocenters. The molecule has 100 valence electrons. The summed E-state index contributed by atoms with van der Waals surface area (Å²) in [5.41, 5.74) is 2.20. The molecule has 2 aromatic heterocycles. The molecule has 20 heavy (non-hydrogen) atoms. The van der Waals surface area contributed by atoms with E-state index in [2.05, 4.69) is 11.9 Å². The largest absolute Gasteiger partial charge is 0.437 e. The summed E-state index contributed by atoms with van der Waals surface area (Å²) in [5.74, 6) is 1.08. The van der Waals surface area contributed by atoms with Crippen LogP contribution in [0.1, 0.15) is 23.0 Å². The Morgan fingerprint density at radius 1 is 1.20 bits per heavy atom. The Balaban J connectivity index is 2.08. The molecule has 0 aliphatic heterocycles. The molecule has 2 heterocycles. The lowest BCUT2D eigenvalue weighted by atomic mass is 10.1. The van der Waals surface area contributed by atoms with E-state index in [9.17, 15) is 4.79 Å². The Kier molecular flexibility index (Phi) is 3.21. The first-order valence-electron chi connectivity index (χ1n) is 6.51. The van der Waals surface area contributed by atoms with Crippen molar-refractivity contribution < 1.29 is 9.53 Å². The van der Waals surface area contributed by atoms with Crippen molar-refractivity contribution in [2.45, 2.75) is 13.3 Å². The van der Waals surface area contributed by atoms with Crippen LogP contribution in [0.3, 0.4) is 0 Å². The second kappa shape index (κ2) is 5.17. The molecule has 0 aliphatic rings. The third kappa shape index (κ3) is 2.05. The van der Waals surface area contributed by atoms with Gasteiger partial charge in [0, 0.05) is 6.20 Å². The molecule has 0 radical (unpaired) electrons. The van der Waals surface area contributed by atoms with Gasteiger partial charge in [0.15, 0.2) is 12.0 Å². The highest BCUT2D eigenvalue weighted by atomic mass is 16.5. The Morgan fingerprint density at radius 3 is 2.80 bits per heavy atom. The van der Waals surface area contributed by atoms with Crippen molar-refractivity contribution in [3.05, 3.63) is 59.9 Å². The maximum Gasteiger partial charge on any atom is 0.249 e. The number of aryl methyl sites for hydroxylation is 1. The van der Waals surface area contributed by atoms with E-state index in [1.54, 1.807) is 10.6 Å². The fourth-order valence-corrected chi connectivity index (χ4v) is 2.18. The average Bonchev–Trinajstić information content (AvgIpc) is 2.85. The van der Waals surface area contributed by atoms with Crippen LogP contribution < -0.4 is 4.74 Å². The number of carbonyl (C=O) groups excluding carboxylic acids is 1. The summed E-state index contributed by atoms with van der Waals surface area (Å²) in [7, 11) is 0. The number of hydrogen-bond donors (Lipinski definition) is 0. The smallest absolute Gasteiger partial charge is 0.249 e. The van der Waals surface area contributed by atoms with Gasteiger partial charge in [0.05, 0.1) is 0 Å². The molecule has 3 aromatic rings. The number of ether oxygens (including phenoxy) is 1. The Hall–Kier alpha value is -2.62. The summed E-state index contributed by atoms with van der Waals surface area (Å²) in [6.07, 6.45) is 3.43. The van der Waals surface area contributed by atoms with Gasteiger partial charge in [-0.2, -0.15) is 4.98 Å². The summed E-state index contributed by atoms with van der Waals surface area (Å²) in [6, 6.07) is 13.3. The van der Waals surface area contributed by atoms with Gasteiger partial charge in [-0.15, -0.1) is 0 Å². The molecule has 0 bridgehead atoms. The van der Waals surface area contributed by atoms with Crippen molar-refractivity contribution in [2.24, 2.45) is 0 Å². The number of hydrogen-bond acceptors (Lipinski definition) is 3. The van der Waals surface area contributed by atoms with Crippen molar-refractivity contribution in [2.75, 3.05) is 0 Å². The number of imidazole rings is 1. The van der Waals surface area contributed by atoms with Crippen molar-refractivity contribution >= 4 is 11.9 Å². The van der Waals surface area contributed by atoms with Crippen molar-refractivity contribution in [3.8, 4) is 11.6 Å². The molecule has 0 fully saturated rings. The topological polar surface area (TPSA) is 43.6 Å². The summed E-state index contributed by atoms with van der Waals surface area (Å²) < 4.78 is 7.56. The van der Waals surface area contributed by atoms with Crippen LogP contribution >= 0.6 is 0 Å². The quantitative estimate of drug-likeness (QED) is 0.679. The van der Waals surface area contributed by atoms with Crippen LogP contribution in [0.25, 0.3) is 5.65 Å². The minimum Gasteiger partial charge on any atom is -0.437 e. The van der Waals surface area contributed by atoms with E-state index in [1.165, 1.54) is 0 Å². The van der Waals surface area contributed by atoms with Crippen LogP contribution in [0.15, 0.2) is 48.7 Å². The predicted molar refractivity (Wildman–Crippen MR) is 76.5 cm³/mol. The highest BCUT2D eigenvalue weighted by Crippen LogP contribution is 2.27. The van der Waals surface area contributed by atoms with E-state index in [4.69, 9.17) is 4.74 Å². The van der Waals surface area contributed by atoms with Crippen molar-refractivity contribution in [3.63, 3.8) is 0 Å². The number of pyridine rings is 1. The van der Waals surface area contributed by atoms with E-state index in [0.717, 1.165) is 24.0 Å². The van der Waals surface area contributed by atoms with Crippen LogP contribution in [0, 0.1) is 0 Å². The van der Waals surface area contributed by atoms with E-state index in [-0.39, 0.29) is 0 Å². The van der Waals surface area contributed by atoms with Gasteiger partial charge in [0.2, 0.25) is 5.88 Å². The lowest BCUT2D eigenvalue weighted by Gasteiger charge is -2.07. The zero-order chi connectivity index (χ0) is 13.9. The Labute approximate surface area is 116 Å². The molecular weight excluding hydrogens is 252 g/mol. The third-order valence-corrected chi connectivity index (χ3v) is 3.20. The van der Waals surface area contributed by atoms with Crippen LogP contribution in [0.4, 0.5) is 0 Å². The minimum absolute atomic E-state index is 0.340. The zero-order valence-corrected chi connectivity index (χ0v) is 11.1. The molecular formula is C16H14N2O2. The normalized spacial score (nSPS) is 10.7. The maximum atomic E-state index is 11.3. The van der Waals surface area contributed by atoms with E-state index in [1.807, 2.05) is 42.5 Å². The molecule has 0 atom stereocenters. The number of carbonyl (C=O) groups is 1. The van der Waals surface area contributed by atoms with Crippen LogP contribution in [-0.4, -0.2) is 15.7 Å². The number of nitrogens with zero attached hydrogens (tertiary/aromatic N) is 2. The number of aldehydes is 1. The third-order valence-electron chi connectivity index (χ3n) is 3.20. The molecule has 4 nitrogen and oxygen atoms in total. The fraction of sp³-hybridized carbons (Fsp3) is 0.125. The van der Waals surface area contributed by atoms with Crippen LogP contribution in [0.2, 0.25) is 0 Å². The van der Waals surface area contributed by atoms with Gasteiger partial charge in [-0.25, -0.2) is 0 Å². The van der Waals surface area contributed by atoms with Gasteiger partial charge >= 0.3 is 0 Å². The van der Waals surface area contributed by atoms with Gasteiger partial charge < -0.3 is 4.74 Å². The molecule has 0 spiro atoms. The summed E-state index contributed by atoms with van der Waals surface area (Å²) in [6.45, 7) is 2.06. The Bertz CT molecular complexity index is 762. The summed E-state index contributed by atoms with van der Waals surface area (Å²) in [5, 5.41) is 0. The van der Waals surface area contributed by atoms with E-state index < -0.39 is 0 Å². The number of rotatable bonds is 4. The maximum absolute atomic E-state index is 11.3. The van der Waals surface area contributed by atoms with Crippen molar-refractivity contribution in [1.29, 1.82) is 0 Å². The molecule has 4 heteroatoms. The minimum atomic E-state index is 0.340. The Morgan fingerprint density at radius 2 is 2.00 bits per heavy atom. The van der Waals surface area contributed by atoms with Crippen molar-refractivity contribution in [1.82, 2.24) is 9.38 Å². The van der Waals surface area contributed by atoms with Crippen LogP contribution in [-0.2, 0) is 6.42 Å². The van der Waals surface area contributed by atoms with E-state index in [0.29, 0.717) is 17.2 Å². The van der Waals surface area contributed by atoms with Gasteiger partial charge in [0.25, 0.3) is 0 Å². The first-order chi connectivity index (χ1) is 9.83. The summed E-state index contributed by atoms with van der Waals surface area (Å²) >= 11 is 0. The first-order valence-corrected chi connectivity index (χ1v) is 6.51. The van der Waals surface area contributed by atoms with Crippen LogP contribution in [0.5, 0.6) is 11.6 Å². The number of para-hydroxylation sites is 1. The lowest BCUT2D eigenvalue weighted by Crippen LogP contribution is -1.95.